The van der Waals surface area contributed by atoms with Crippen molar-refractivity contribution in [3.63, 3.8) is 0 Å². The highest BCUT2D eigenvalue weighted by molar-refractivity contribution is 5.99. The normalized spacial score (nSPS) is 11.5. The van der Waals surface area contributed by atoms with Gasteiger partial charge in [-0.05, 0) is 30.7 Å². The van der Waals surface area contributed by atoms with E-state index in [2.05, 4.69) is 10.6 Å². The number of carboxylic acid groups (broad SMARTS) is 1. The maximum atomic E-state index is 13.0. The Balaban J connectivity index is 2.23. The molecule has 2 aromatic rings. The van der Waals surface area contributed by atoms with Crippen LogP contribution in [0.2, 0.25) is 0 Å². The number of rotatable bonds is 4. The summed E-state index contributed by atoms with van der Waals surface area (Å²) in [6.45, 7) is 1.45. The minimum absolute atomic E-state index is 0.343. The van der Waals surface area contributed by atoms with Gasteiger partial charge < -0.3 is 15.7 Å². The van der Waals surface area contributed by atoms with Crippen LogP contribution >= 0.6 is 0 Å². The smallest absolute Gasteiger partial charge is 0.405 e. The molecule has 6 heteroatoms. The van der Waals surface area contributed by atoms with Crippen LogP contribution < -0.4 is 10.6 Å². The van der Waals surface area contributed by atoms with E-state index in [1.54, 1.807) is 36.4 Å². The van der Waals surface area contributed by atoms with Gasteiger partial charge in [-0.2, -0.15) is 0 Å². The topological polar surface area (TPSA) is 78.4 Å². The van der Waals surface area contributed by atoms with Crippen molar-refractivity contribution in [1.82, 2.24) is 5.32 Å². The highest BCUT2D eigenvalue weighted by Gasteiger charge is 2.16. The molecule has 0 aliphatic rings. The van der Waals surface area contributed by atoms with E-state index in [4.69, 9.17) is 5.11 Å². The van der Waals surface area contributed by atoms with Gasteiger partial charge in [0.25, 0.3) is 0 Å². The van der Waals surface area contributed by atoms with Crippen LogP contribution in [0.1, 0.15) is 6.92 Å². The molecular weight excluding hydrogens is 287 g/mol. The number of hydrogen-bond acceptors (Lipinski definition) is 2. The summed E-state index contributed by atoms with van der Waals surface area (Å²) in [4.78, 5) is 22.5. The Morgan fingerprint density at radius 2 is 1.73 bits per heavy atom. The van der Waals surface area contributed by atoms with Gasteiger partial charge in [0, 0.05) is 11.3 Å². The number of nitrogens with one attached hydrogen (secondary N) is 2. The summed E-state index contributed by atoms with van der Waals surface area (Å²) in [5, 5.41) is 13.4. The fourth-order valence-corrected chi connectivity index (χ4v) is 1.97. The maximum absolute atomic E-state index is 13.0. The Hall–Kier alpha value is -2.89. The van der Waals surface area contributed by atoms with Crippen molar-refractivity contribution >= 4 is 17.7 Å². The Morgan fingerprint density at radius 1 is 1.09 bits per heavy atom. The summed E-state index contributed by atoms with van der Waals surface area (Å²) in [6.07, 6.45) is -1.27. The van der Waals surface area contributed by atoms with Gasteiger partial charge in [0.1, 0.15) is 11.9 Å². The first-order valence-corrected chi connectivity index (χ1v) is 6.62. The molecule has 1 atom stereocenters. The summed E-state index contributed by atoms with van der Waals surface area (Å²) in [5.74, 6) is -0.818. The van der Waals surface area contributed by atoms with E-state index in [1.165, 1.54) is 19.1 Å². The summed E-state index contributed by atoms with van der Waals surface area (Å²) < 4.78 is 13.0. The number of carbonyl (C=O) groups excluding carboxylic acids is 1. The van der Waals surface area contributed by atoms with Crippen LogP contribution in [0.25, 0.3) is 11.1 Å². The highest BCUT2D eigenvalue weighted by atomic mass is 19.1. The van der Waals surface area contributed by atoms with Crippen molar-refractivity contribution in [2.75, 3.05) is 5.32 Å². The molecule has 0 aromatic heterocycles. The van der Waals surface area contributed by atoms with Crippen LogP contribution in [0.15, 0.2) is 48.5 Å². The maximum Gasteiger partial charge on any atom is 0.405 e. The molecule has 2 amide bonds. The molecule has 2 aromatic carbocycles. The van der Waals surface area contributed by atoms with Gasteiger partial charge in [-0.3, -0.25) is 4.79 Å². The molecule has 0 heterocycles. The predicted octanol–water partition coefficient (Wildman–Crippen LogP) is 3.09. The van der Waals surface area contributed by atoms with Crippen LogP contribution in [-0.2, 0) is 4.79 Å². The fraction of sp³-hybridized carbons (Fsp3) is 0.125. The van der Waals surface area contributed by atoms with Crippen LogP contribution in [0.3, 0.4) is 0 Å². The molecule has 0 fully saturated rings. The molecule has 0 aliphatic heterocycles. The Bertz CT molecular complexity index is 686. The second-order valence-corrected chi connectivity index (χ2v) is 4.71. The van der Waals surface area contributed by atoms with Crippen molar-refractivity contribution in [2.45, 2.75) is 13.0 Å². The van der Waals surface area contributed by atoms with E-state index in [0.29, 0.717) is 5.69 Å². The predicted molar refractivity (Wildman–Crippen MR) is 81.1 cm³/mol. The third kappa shape index (κ3) is 3.82. The molecule has 1 unspecified atom stereocenters. The summed E-state index contributed by atoms with van der Waals surface area (Å²) >= 11 is 0. The second-order valence-electron chi connectivity index (χ2n) is 4.71. The molecule has 5 nitrogen and oxygen atoms in total. The largest absolute Gasteiger partial charge is 0.465 e. The Kier molecular flexibility index (Phi) is 4.73. The van der Waals surface area contributed by atoms with Crippen LogP contribution in [-0.4, -0.2) is 23.1 Å². The number of anilines is 1. The summed E-state index contributed by atoms with van der Waals surface area (Å²) in [5.41, 5.74) is 1.99. The van der Waals surface area contributed by atoms with Gasteiger partial charge >= 0.3 is 6.09 Å². The van der Waals surface area contributed by atoms with E-state index in [9.17, 15) is 14.0 Å². The van der Waals surface area contributed by atoms with Crippen molar-refractivity contribution in [1.29, 1.82) is 0 Å². The lowest BCUT2D eigenvalue weighted by Gasteiger charge is -2.15. The van der Waals surface area contributed by atoms with Crippen molar-refractivity contribution in [2.24, 2.45) is 0 Å². The number of amides is 2. The first-order valence-electron chi connectivity index (χ1n) is 6.62. The van der Waals surface area contributed by atoms with Crippen molar-refractivity contribution in [3.8, 4) is 11.1 Å². The zero-order chi connectivity index (χ0) is 16.1. The molecule has 0 bridgehead atoms. The first-order chi connectivity index (χ1) is 10.5. The summed E-state index contributed by atoms with van der Waals surface area (Å²) in [6, 6.07) is 12.0. The van der Waals surface area contributed by atoms with Gasteiger partial charge in [0.05, 0.1) is 0 Å². The van der Waals surface area contributed by atoms with Gasteiger partial charge in [-0.25, -0.2) is 9.18 Å². The van der Waals surface area contributed by atoms with E-state index < -0.39 is 18.0 Å². The van der Waals surface area contributed by atoms with Crippen molar-refractivity contribution in [3.05, 3.63) is 54.3 Å². The van der Waals surface area contributed by atoms with E-state index >= 15 is 0 Å². The van der Waals surface area contributed by atoms with Gasteiger partial charge in [-0.15, -0.1) is 0 Å². The number of carbonyl (C=O) groups is 2. The van der Waals surface area contributed by atoms with Gasteiger partial charge in [0.15, 0.2) is 0 Å². The fourth-order valence-electron chi connectivity index (χ4n) is 1.97. The average molecular weight is 302 g/mol. The van der Waals surface area contributed by atoms with Crippen LogP contribution in [0, 0.1) is 5.82 Å². The lowest BCUT2D eigenvalue weighted by molar-refractivity contribution is -0.117. The first kappa shape index (κ1) is 15.5. The molecule has 22 heavy (non-hydrogen) atoms. The van der Waals surface area contributed by atoms with Gasteiger partial charge in [0.2, 0.25) is 5.91 Å². The van der Waals surface area contributed by atoms with E-state index in [0.717, 1.165) is 11.1 Å². The quantitative estimate of drug-likeness (QED) is 0.812. The lowest BCUT2D eigenvalue weighted by atomic mass is 10.0. The number of halogens is 1. The summed E-state index contributed by atoms with van der Waals surface area (Å²) in [7, 11) is 0. The van der Waals surface area contributed by atoms with E-state index in [1.807, 2.05) is 0 Å². The van der Waals surface area contributed by atoms with Crippen molar-refractivity contribution < 1.29 is 19.1 Å². The molecule has 2 rings (SSSR count). The third-order valence-electron chi connectivity index (χ3n) is 3.07. The molecule has 3 N–H and O–H groups in total. The molecule has 0 saturated heterocycles. The number of para-hydroxylation sites is 1. The SMILES string of the molecule is CC(NC(=O)O)C(=O)Nc1ccccc1-c1ccc(F)cc1. The molecule has 0 saturated carbocycles. The minimum atomic E-state index is -1.27. The van der Waals surface area contributed by atoms with Crippen LogP contribution in [0.4, 0.5) is 14.9 Å². The standard InChI is InChI=1S/C16H15FN2O3/c1-10(18-16(21)22)15(20)19-14-5-3-2-4-13(14)11-6-8-12(17)9-7-11/h2-10,18H,1H3,(H,19,20)(H,21,22). The average Bonchev–Trinajstić information content (AvgIpc) is 2.48. The molecule has 0 aliphatic carbocycles. The number of hydrogen-bond donors (Lipinski definition) is 3. The molecule has 0 radical (unpaired) electrons. The minimum Gasteiger partial charge on any atom is -0.465 e. The second kappa shape index (κ2) is 6.71. The Morgan fingerprint density at radius 3 is 2.36 bits per heavy atom. The molecule has 114 valence electrons. The molecule has 0 spiro atoms. The monoisotopic (exact) mass is 302 g/mol. The third-order valence-corrected chi connectivity index (χ3v) is 3.07. The van der Waals surface area contributed by atoms with E-state index in [-0.39, 0.29) is 5.82 Å². The Labute approximate surface area is 126 Å². The zero-order valence-corrected chi connectivity index (χ0v) is 11.8. The van der Waals surface area contributed by atoms with Crippen LogP contribution in [0.5, 0.6) is 0 Å². The zero-order valence-electron chi connectivity index (χ0n) is 11.8. The number of benzene rings is 2. The molecular formula is C16H15FN2O3. The highest BCUT2D eigenvalue weighted by Crippen LogP contribution is 2.28. The lowest BCUT2D eigenvalue weighted by Crippen LogP contribution is -2.40. The van der Waals surface area contributed by atoms with Gasteiger partial charge in [-0.1, -0.05) is 30.3 Å².